The molecule has 0 fully saturated rings. The lowest BCUT2D eigenvalue weighted by atomic mass is 9.85. The summed E-state index contributed by atoms with van der Waals surface area (Å²) in [7, 11) is 0. The molecule has 0 spiro atoms. The molecule has 0 aliphatic rings. The highest BCUT2D eigenvalue weighted by Crippen LogP contribution is 2.26. The molecule has 0 saturated carbocycles. The van der Waals surface area contributed by atoms with Gasteiger partial charge in [0.05, 0.1) is 0 Å². The summed E-state index contributed by atoms with van der Waals surface area (Å²) in [5, 5.41) is 0. The van der Waals surface area contributed by atoms with Crippen LogP contribution in [-0.4, -0.2) is 0 Å². The summed E-state index contributed by atoms with van der Waals surface area (Å²) in [4.78, 5) is 0. The Hall–Kier alpha value is 0. The molecule has 0 radical (unpaired) electrons. The van der Waals surface area contributed by atoms with Crippen molar-refractivity contribution < 1.29 is 0 Å². The van der Waals surface area contributed by atoms with E-state index in [1.165, 1.54) is 57.8 Å². The highest BCUT2D eigenvalue weighted by atomic mass is 14.2. The SMILES string of the molecule is CCCCC(CC)CC(C)CCC(CC)CC. The second-order valence-corrected chi connectivity index (χ2v) is 6.02. The van der Waals surface area contributed by atoms with E-state index in [-0.39, 0.29) is 0 Å². The summed E-state index contributed by atoms with van der Waals surface area (Å²) in [5.74, 6) is 2.91. The van der Waals surface area contributed by atoms with Crippen molar-refractivity contribution in [3.63, 3.8) is 0 Å². The Labute approximate surface area is 111 Å². The molecule has 0 aromatic rings. The van der Waals surface area contributed by atoms with Crippen molar-refractivity contribution >= 4 is 0 Å². The molecule has 0 amide bonds. The van der Waals surface area contributed by atoms with Crippen LogP contribution in [0.3, 0.4) is 0 Å². The third kappa shape index (κ3) is 8.69. The monoisotopic (exact) mass is 240 g/mol. The Balaban J connectivity index is 3.77. The maximum absolute atomic E-state index is 2.47. The summed E-state index contributed by atoms with van der Waals surface area (Å²) in [6.45, 7) is 11.8. The van der Waals surface area contributed by atoms with Gasteiger partial charge in [0.1, 0.15) is 0 Å². The Morgan fingerprint density at radius 3 is 1.76 bits per heavy atom. The van der Waals surface area contributed by atoms with Crippen LogP contribution in [0.2, 0.25) is 0 Å². The zero-order chi connectivity index (χ0) is 13.1. The van der Waals surface area contributed by atoms with Gasteiger partial charge < -0.3 is 0 Å². The highest BCUT2D eigenvalue weighted by Gasteiger charge is 2.13. The number of rotatable bonds is 11. The molecular formula is C17H36. The maximum atomic E-state index is 2.47. The van der Waals surface area contributed by atoms with Crippen molar-refractivity contribution in [2.75, 3.05) is 0 Å². The standard InChI is InChI=1S/C17H36/c1-6-10-11-17(9-4)14-15(5)12-13-16(7-2)8-3/h15-17H,6-14H2,1-5H3. The average molecular weight is 240 g/mol. The molecule has 0 aliphatic heterocycles. The van der Waals surface area contributed by atoms with Gasteiger partial charge in [0.2, 0.25) is 0 Å². The zero-order valence-corrected chi connectivity index (χ0v) is 13.1. The Kier molecular flexibility index (Phi) is 11.1. The van der Waals surface area contributed by atoms with Crippen molar-refractivity contribution in [2.24, 2.45) is 17.8 Å². The number of hydrogen-bond donors (Lipinski definition) is 0. The summed E-state index contributed by atoms with van der Waals surface area (Å²) in [6, 6.07) is 0. The fraction of sp³-hybridized carbons (Fsp3) is 1.00. The molecule has 0 saturated heterocycles. The van der Waals surface area contributed by atoms with Gasteiger partial charge >= 0.3 is 0 Å². The topological polar surface area (TPSA) is 0 Å². The van der Waals surface area contributed by atoms with Crippen molar-refractivity contribution in [1.82, 2.24) is 0 Å². The largest absolute Gasteiger partial charge is 0.0654 e. The van der Waals surface area contributed by atoms with Crippen LogP contribution in [0.5, 0.6) is 0 Å². The molecule has 0 heterocycles. The molecule has 0 nitrogen and oxygen atoms in total. The normalized spacial score (nSPS) is 15.2. The molecule has 0 aromatic carbocycles. The van der Waals surface area contributed by atoms with Gasteiger partial charge in [-0.1, -0.05) is 86.0 Å². The lowest BCUT2D eigenvalue weighted by Gasteiger charge is -2.21. The molecule has 0 aliphatic carbocycles. The smallest absolute Gasteiger partial charge is 0.0414 e. The lowest BCUT2D eigenvalue weighted by molar-refractivity contribution is 0.312. The third-order valence-corrected chi connectivity index (χ3v) is 4.50. The van der Waals surface area contributed by atoms with Gasteiger partial charge in [-0.3, -0.25) is 0 Å². The minimum atomic E-state index is 0.942. The van der Waals surface area contributed by atoms with E-state index in [0.717, 1.165) is 17.8 Å². The molecule has 2 unspecified atom stereocenters. The van der Waals surface area contributed by atoms with Crippen LogP contribution in [0, 0.1) is 17.8 Å². The third-order valence-electron chi connectivity index (χ3n) is 4.50. The molecule has 0 aromatic heterocycles. The first-order valence-corrected chi connectivity index (χ1v) is 8.17. The van der Waals surface area contributed by atoms with Gasteiger partial charge in [0, 0.05) is 0 Å². The van der Waals surface area contributed by atoms with Crippen LogP contribution < -0.4 is 0 Å². The van der Waals surface area contributed by atoms with Gasteiger partial charge in [0.25, 0.3) is 0 Å². The van der Waals surface area contributed by atoms with Crippen LogP contribution in [0.4, 0.5) is 0 Å². The first kappa shape index (κ1) is 17.0. The van der Waals surface area contributed by atoms with Gasteiger partial charge in [-0.25, -0.2) is 0 Å². The van der Waals surface area contributed by atoms with Gasteiger partial charge in [-0.05, 0) is 24.2 Å². The van der Waals surface area contributed by atoms with E-state index in [9.17, 15) is 0 Å². The molecule has 17 heavy (non-hydrogen) atoms. The van der Waals surface area contributed by atoms with E-state index >= 15 is 0 Å². The van der Waals surface area contributed by atoms with Gasteiger partial charge in [-0.15, -0.1) is 0 Å². The summed E-state index contributed by atoms with van der Waals surface area (Å²) < 4.78 is 0. The first-order chi connectivity index (χ1) is 8.17. The summed E-state index contributed by atoms with van der Waals surface area (Å²) in [6.07, 6.45) is 12.8. The van der Waals surface area contributed by atoms with E-state index in [2.05, 4.69) is 34.6 Å². The predicted octanol–water partition coefficient (Wildman–Crippen LogP) is 6.45. The fourth-order valence-electron chi connectivity index (χ4n) is 2.89. The molecule has 0 heteroatoms. The van der Waals surface area contributed by atoms with Crippen LogP contribution in [0.15, 0.2) is 0 Å². The van der Waals surface area contributed by atoms with Crippen LogP contribution in [0.25, 0.3) is 0 Å². The minimum Gasteiger partial charge on any atom is -0.0654 e. The molecule has 2 atom stereocenters. The molecule has 0 rings (SSSR count). The number of hydrogen-bond acceptors (Lipinski definition) is 0. The highest BCUT2D eigenvalue weighted by molar-refractivity contribution is 4.65. The quantitative estimate of drug-likeness (QED) is 0.389. The van der Waals surface area contributed by atoms with Crippen molar-refractivity contribution in [2.45, 2.75) is 92.4 Å². The summed E-state index contributed by atoms with van der Waals surface area (Å²) in [5.41, 5.74) is 0. The zero-order valence-electron chi connectivity index (χ0n) is 13.1. The first-order valence-electron chi connectivity index (χ1n) is 8.17. The summed E-state index contributed by atoms with van der Waals surface area (Å²) >= 11 is 0. The molecule has 0 N–H and O–H groups in total. The Morgan fingerprint density at radius 2 is 1.29 bits per heavy atom. The predicted molar refractivity (Wildman–Crippen MR) is 80.4 cm³/mol. The fourth-order valence-corrected chi connectivity index (χ4v) is 2.89. The van der Waals surface area contributed by atoms with Gasteiger partial charge in [0.15, 0.2) is 0 Å². The molecule has 104 valence electrons. The lowest BCUT2D eigenvalue weighted by Crippen LogP contribution is -2.08. The van der Waals surface area contributed by atoms with Crippen LogP contribution in [0.1, 0.15) is 92.4 Å². The molecule has 0 bridgehead atoms. The Morgan fingerprint density at radius 1 is 0.706 bits per heavy atom. The van der Waals surface area contributed by atoms with Crippen molar-refractivity contribution in [1.29, 1.82) is 0 Å². The van der Waals surface area contributed by atoms with E-state index < -0.39 is 0 Å². The van der Waals surface area contributed by atoms with E-state index in [1.54, 1.807) is 0 Å². The molecular weight excluding hydrogens is 204 g/mol. The Bertz CT molecular complexity index is 146. The minimum absolute atomic E-state index is 0.942. The maximum Gasteiger partial charge on any atom is -0.0414 e. The van der Waals surface area contributed by atoms with E-state index in [0.29, 0.717) is 0 Å². The van der Waals surface area contributed by atoms with Crippen molar-refractivity contribution in [3.05, 3.63) is 0 Å². The van der Waals surface area contributed by atoms with E-state index in [4.69, 9.17) is 0 Å². The van der Waals surface area contributed by atoms with E-state index in [1.807, 2.05) is 0 Å². The van der Waals surface area contributed by atoms with Crippen LogP contribution >= 0.6 is 0 Å². The van der Waals surface area contributed by atoms with Crippen LogP contribution in [-0.2, 0) is 0 Å². The second kappa shape index (κ2) is 11.1. The van der Waals surface area contributed by atoms with Crippen molar-refractivity contribution in [3.8, 4) is 0 Å². The second-order valence-electron chi connectivity index (χ2n) is 6.02. The van der Waals surface area contributed by atoms with Gasteiger partial charge in [-0.2, -0.15) is 0 Å². The number of unbranched alkanes of at least 4 members (excludes halogenated alkanes) is 1. The average Bonchev–Trinajstić information content (AvgIpc) is 2.35.